The van der Waals surface area contributed by atoms with Crippen molar-refractivity contribution in [3.05, 3.63) is 0 Å². The first-order valence-electron chi connectivity index (χ1n) is 7.08. The van der Waals surface area contributed by atoms with Gasteiger partial charge >= 0.3 is 0 Å². The Balaban J connectivity index is 2.67. The van der Waals surface area contributed by atoms with Crippen molar-refractivity contribution in [1.29, 1.82) is 0 Å². The summed E-state index contributed by atoms with van der Waals surface area (Å²) in [6, 6.07) is 0. The quantitative estimate of drug-likeness (QED) is 0.839. The lowest BCUT2D eigenvalue weighted by Gasteiger charge is -2.29. The number of nitrogens with two attached hydrogens (primary N) is 1. The van der Waals surface area contributed by atoms with Gasteiger partial charge in [-0.15, -0.1) is 0 Å². The highest BCUT2D eigenvalue weighted by atomic mass is 32.2. The average Bonchev–Trinajstić information content (AvgIpc) is 2.69. The molecule has 18 heavy (non-hydrogen) atoms. The van der Waals surface area contributed by atoms with Crippen LogP contribution < -0.4 is 5.73 Å². The average molecular weight is 275 g/mol. The molecule has 2 atom stereocenters. The Morgan fingerprint density at radius 1 is 1.33 bits per heavy atom. The fraction of sp³-hybridized carbons (Fsp3) is 1.00. The smallest absolute Gasteiger partial charge is 0.155 e. The molecule has 1 fully saturated rings. The van der Waals surface area contributed by atoms with Crippen LogP contribution in [0, 0.1) is 11.3 Å². The highest BCUT2D eigenvalue weighted by Crippen LogP contribution is 2.45. The molecule has 2 unspecified atom stereocenters. The van der Waals surface area contributed by atoms with Crippen LogP contribution in [0.2, 0.25) is 0 Å². The van der Waals surface area contributed by atoms with E-state index in [1.54, 1.807) is 20.8 Å². The normalized spacial score (nSPS) is 29.7. The maximum absolute atomic E-state index is 12.2. The molecule has 0 spiro atoms. The van der Waals surface area contributed by atoms with Gasteiger partial charge in [0.1, 0.15) is 0 Å². The summed E-state index contributed by atoms with van der Waals surface area (Å²) in [7, 11) is -3.01. The summed E-state index contributed by atoms with van der Waals surface area (Å²) in [6.07, 6.45) is 5.35. The van der Waals surface area contributed by atoms with Gasteiger partial charge in [0.05, 0.1) is 10.5 Å². The second kappa shape index (κ2) is 5.49. The molecule has 1 rings (SSSR count). The fourth-order valence-electron chi connectivity index (χ4n) is 2.85. The van der Waals surface area contributed by atoms with Crippen LogP contribution in [0.3, 0.4) is 0 Å². The molecule has 4 heteroatoms. The summed E-state index contributed by atoms with van der Waals surface area (Å²) in [5.74, 6) is 1.02. The molecule has 0 heterocycles. The van der Waals surface area contributed by atoms with Crippen LogP contribution in [-0.2, 0) is 9.84 Å². The van der Waals surface area contributed by atoms with Crippen LogP contribution in [0.5, 0.6) is 0 Å². The molecule has 0 aliphatic heterocycles. The first-order chi connectivity index (χ1) is 8.16. The minimum Gasteiger partial charge on any atom is -0.330 e. The van der Waals surface area contributed by atoms with Gasteiger partial charge in [0, 0.05) is 0 Å². The lowest BCUT2D eigenvalue weighted by Crippen LogP contribution is -2.35. The predicted octanol–water partition coefficient (Wildman–Crippen LogP) is 2.75. The molecule has 0 bridgehead atoms. The van der Waals surface area contributed by atoms with Gasteiger partial charge in [-0.1, -0.05) is 13.3 Å². The monoisotopic (exact) mass is 275 g/mol. The van der Waals surface area contributed by atoms with Crippen molar-refractivity contribution in [3.8, 4) is 0 Å². The van der Waals surface area contributed by atoms with E-state index in [0.717, 1.165) is 25.2 Å². The minimum atomic E-state index is -3.01. The third kappa shape index (κ3) is 3.47. The third-order valence-corrected chi connectivity index (χ3v) is 7.26. The Morgan fingerprint density at radius 3 is 2.33 bits per heavy atom. The molecule has 0 amide bonds. The Kier molecular flexibility index (Phi) is 4.87. The number of rotatable bonds is 5. The van der Waals surface area contributed by atoms with Crippen molar-refractivity contribution in [3.63, 3.8) is 0 Å². The van der Waals surface area contributed by atoms with Gasteiger partial charge in [-0.05, 0) is 64.3 Å². The van der Waals surface area contributed by atoms with Crippen LogP contribution in [0.4, 0.5) is 0 Å². The van der Waals surface area contributed by atoms with Crippen molar-refractivity contribution in [2.75, 3.05) is 12.3 Å². The molecule has 2 N–H and O–H groups in total. The standard InChI is InChI=1S/C14H29NO2S/c1-5-12-6-7-14(10-12,11-15)8-9-18(16,17)13(2,3)4/h12H,5-11,15H2,1-4H3. The van der Waals surface area contributed by atoms with Gasteiger partial charge in [-0.25, -0.2) is 8.42 Å². The van der Waals surface area contributed by atoms with E-state index in [1.807, 2.05) is 0 Å². The van der Waals surface area contributed by atoms with Crippen molar-refractivity contribution < 1.29 is 8.42 Å². The molecule has 3 nitrogen and oxygen atoms in total. The topological polar surface area (TPSA) is 60.2 Å². The van der Waals surface area contributed by atoms with E-state index in [-0.39, 0.29) is 11.2 Å². The van der Waals surface area contributed by atoms with Gasteiger partial charge < -0.3 is 5.73 Å². The maximum atomic E-state index is 12.2. The van der Waals surface area contributed by atoms with Crippen LogP contribution in [-0.4, -0.2) is 25.5 Å². The zero-order chi connectivity index (χ0) is 14.0. The van der Waals surface area contributed by atoms with E-state index in [9.17, 15) is 8.42 Å². The molecule has 108 valence electrons. The van der Waals surface area contributed by atoms with Gasteiger partial charge in [0.25, 0.3) is 0 Å². The van der Waals surface area contributed by atoms with E-state index in [4.69, 9.17) is 5.73 Å². The summed E-state index contributed by atoms with van der Waals surface area (Å²) in [6.45, 7) is 8.18. The van der Waals surface area contributed by atoms with E-state index < -0.39 is 14.6 Å². The fourth-order valence-corrected chi connectivity index (χ4v) is 4.16. The molecule has 1 saturated carbocycles. The second-order valence-corrected chi connectivity index (χ2v) is 9.76. The number of hydrogen-bond donors (Lipinski definition) is 1. The van der Waals surface area contributed by atoms with Gasteiger partial charge in [-0.2, -0.15) is 0 Å². The zero-order valence-corrected chi connectivity index (χ0v) is 13.1. The Labute approximate surface area is 112 Å². The molecule has 0 aromatic rings. The van der Waals surface area contributed by atoms with Crippen molar-refractivity contribution in [1.82, 2.24) is 0 Å². The summed E-state index contributed by atoms with van der Waals surface area (Å²) >= 11 is 0. The first kappa shape index (κ1) is 16.0. The summed E-state index contributed by atoms with van der Waals surface area (Å²) in [4.78, 5) is 0. The molecule has 1 aliphatic rings. The SMILES string of the molecule is CCC1CCC(CN)(CCS(=O)(=O)C(C)(C)C)C1. The summed E-state index contributed by atoms with van der Waals surface area (Å²) < 4.78 is 23.7. The van der Waals surface area contributed by atoms with E-state index in [1.165, 1.54) is 12.8 Å². The first-order valence-corrected chi connectivity index (χ1v) is 8.73. The van der Waals surface area contributed by atoms with Crippen LogP contribution >= 0.6 is 0 Å². The highest BCUT2D eigenvalue weighted by Gasteiger charge is 2.39. The summed E-state index contributed by atoms with van der Waals surface area (Å²) in [5, 5.41) is 0. The van der Waals surface area contributed by atoms with Crippen LogP contribution in [0.1, 0.15) is 59.8 Å². The molecular weight excluding hydrogens is 246 g/mol. The third-order valence-electron chi connectivity index (χ3n) is 4.65. The van der Waals surface area contributed by atoms with Crippen molar-refractivity contribution >= 4 is 9.84 Å². The largest absolute Gasteiger partial charge is 0.330 e. The number of hydrogen-bond acceptors (Lipinski definition) is 3. The highest BCUT2D eigenvalue weighted by molar-refractivity contribution is 7.92. The molecule has 0 aromatic carbocycles. The molecule has 1 aliphatic carbocycles. The van der Waals surface area contributed by atoms with Crippen LogP contribution in [0.15, 0.2) is 0 Å². The van der Waals surface area contributed by atoms with E-state index in [2.05, 4.69) is 6.92 Å². The van der Waals surface area contributed by atoms with E-state index in [0.29, 0.717) is 6.54 Å². The lowest BCUT2D eigenvalue weighted by molar-refractivity contribution is 0.282. The van der Waals surface area contributed by atoms with Gasteiger partial charge in [0.15, 0.2) is 9.84 Å². The molecule has 0 radical (unpaired) electrons. The zero-order valence-electron chi connectivity index (χ0n) is 12.3. The van der Waals surface area contributed by atoms with Crippen molar-refractivity contribution in [2.24, 2.45) is 17.1 Å². The molecule has 0 saturated heterocycles. The molecular formula is C14H29NO2S. The van der Waals surface area contributed by atoms with Crippen molar-refractivity contribution in [2.45, 2.75) is 64.5 Å². The van der Waals surface area contributed by atoms with Crippen LogP contribution in [0.25, 0.3) is 0 Å². The lowest BCUT2D eigenvalue weighted by atomic mass is 9.82. The van der Waals surface area contributed by atoms with Gasteiger partial charge in [-0.3, -0.25) is 0 Å². The predicted molar refractivity (Wildman–Crippen MR) is 77.3 cm³/mol. The second-order valence-electron chi connectivity index (χ2n) is 6.90. The van der Waals surface area contributed by atoms with Gasteiger partial charge in [0.2, 0.25) is 0 Å². The Hall–Kier alpha value is -0.0900. The number of sulfone groups is 1. The Bertz CT molecular complexity index is 370. The minimum absolute atomic E-state index is 0.0823. The maximum Gasteiger partial charge on any atom is 0.155 e. The van der Waals surface area contributed by atoms with E-state index >= 15 is 0 Å². The Morgan fingerprint density at radius 2 is 1.94 bits per heavy atom. The summed E-state index contributed by atoms with van der Waals surface area (Å²) in [5.41, 5.74) is 6.01. The molecule has 0 aromatic heterocycles.